The molecule has 0 fully saturated rings. The van der Waals surface area contributed by atoms with E-state index in [0.717, 1.165) is 39.2 Å². The second-order valence-corrected chi connectivity index (χ2v) is 8.55. The largest absolute Gasteiger partial charge is 0.497 e. The fourth-order valence-corrected chi connectivity index (χ4v) is 4.56. The van der Waals surface area contributed by atoms with E-state index in [1.165, 1.54) is 0 Å². The molecule has 33 heavy (non-hydrogen) atoms. The highest BCUT2D eigenvalue weighted by atomic mass is 35.5. The number of imidazole rings is 1. The highest BCUT2D eigenvalue weighted by molar-refractivity contribution is 7.98. The van der Waals surface area contributed by atoms with Crippen molar-refractivity contribution >= 4 is 29.0 Å². The van der Waals surface area contributed by atoms with Gasteiger partial charge in [0.1, 0.15) is 17.1 Å². The Bertz CT molecular complexity index is 1410. The third-order valence-corrected chi connectivity index (χ3v) is 6.31. The highest BCUT2D eigenvalue weighted by Crippen LogP contribution is 2.34. The molecule has 166 valence electrons. The summed E-state index contributed by atoms with van der Waals surface area (Å²) in [6, 6.07) is 19.3. The Morgan fingerprint density at radius 1 is 0.909 bits per heavy atom. The van der Waals surface area contributed by atoms with Gasteiger partial charge in [-0.1, -0.05) is 35.5 Å². The molecule has 0 saturated heterocycles. The molecule has 0 saturated carbocycles. The minimum Gasteiger partial charge on any atom is -0.497 e. The van der Waals surface area contributed by atoms with Crippen LogP contribution in [0.2, 0.25) is 5.02 Å². The van der Waals surface area contributed by atoms with Crippen LogP contribution in [0, 0.1) is 0 Å². The van der Waals surface area contributed by atoms with Crippen LogP contribution in [0.1, 0.15) is 5.69 Å². The predicted molar refractivity (Wildman–Crippen MR) is 130 cm³/mol. The Balaban J connectivity index is 1.53. The van der Waals surface area contributed by atoms with Crippen LogP contribution in [0.25, 0.3) is 22.7 Å². The van der Waals surface area contributed by atoms with Crippen LogP contribution >= 0.6 is 23.4 Å². The fourth-order valence-electron chi connectivity index (χ4n) is 3.56. The van der Waals surface area contributed by atoms with E-state index >= 15 is 0 Å². The minimum absolute atomic E-state index is 0.625. The van der Waals surface area contributed by atoms with Crippen molar-refractivity contribution in [1.29, 1.82) is 0 Å². The lowest BCUT2D eigenvalue weighted by Crippen LogP contribution is -2.01. The monoisotopic (exact) mass is 477 g/mol. The van der Waals surface area contributed by atoms with Crippen LogP contribution in [0.4, 0.5) is 0 Å². The normalized spacial score (nSPS) is 11.1. The topological polar surface area (TPSA) is 66.5 Å². The molecule has 0 bridgehead atoms. The fraction of sp³-hybridized carbons (Fsp3) is 0.125. The molecule has 0 unspecified atom stereocenters. The summed E-state index contributed by atoms with van der Waals surface area (Å²) in [5.41, 5.74) is 3.55. The zero-order valence-electron chi connectivity index (χ0n) is 18.0. The van der Waals surface area contributed by atoms with E-state index in [9.17, 15) is 0 Å². The highest BCUT2D eigenvalue weighted by Gasteiger charge is 2.19. The van der Waals surface area contributed by atoms with Crippen molar-refractivity contribution < 1.29 is 9.47 Å². The first-order valence-corrected chi connectivity index (χ1v) is 11.5. The van der Waals surface area contributed by atoms with Gasteiger partial charge in [0.15, 0.2) is 11.0 Å². The average molecular weight is 478 g/mol. The van der Waals surface area contributed by atoms with Gasteiger partial charge in [0.05, 0.1) is 36.2 Å². The summed E-state index contributed by atoms with van der Waals surface area (Å²) in [5.74, 6) is 2.83. The van der Waals surface area contributed by atoms with Crippen molar-refractivity contribution in [3.05, 3.63) is 83.8 Å². The summed E-state index contributed by atoms with van der Waals surface area (Å²) in [5, 5.41) is 10.4. The van der Waals surface area contributed by atoms with E-state index in [1.54, 1.807) is 26.0 Å². The van der Waals surface area contributed by atoms with Crippen molar-refractivity contribution in [3.63, 3.8) is 0 Å². The molecule has 2 aromatic carbocycles. The number of fused-ring (bicyclic) bond motifs is 1. The molecule has 0 aliphatic rings. The number of rotatable bonds is 7. The Kier molecular flexibility index (Phi) is 5.93. The molecule has 5 aromatic rings. The SMILES string of the molecule is COc1ccc(-n2c(SCc3cn4cc(Cl)ccc4n3)nnc2-c2ccccc2OC)cc1. The molecule has 0 spiro atoms. The van der Waals surface area contributed by atoms with Crippen molar-refractivity contribution in [2.24, 2.45) is 0 Å². The second kappa shape index (κ2) is 9.17. The van der Waals surface area contributed by atoms with Crippen LogP contribution in [-0.2, 0) is 5.75 Å². The third kappa shape index (κ3) is 4.27. The molecule has 5 rings (SSSR count). The number of benzene rings is 2. The molecule has 0 atom stereocenters. The number of hydrogen-bond acceptors (Lipinski definition) is 6. The zero-order chi connectivity index (χ0) is 22.8. The van der Waals surface area contributed by atoms with Gasteiger partial charge in [-0.25, -0.2) is 4.98 Å². The lowest BCUT2D eigenvalue weighted by molar-refractivity contribution is 0.414. The number of methoxy groups -OCH3 is 2. The zero-order valence-corrected chi connectivity index (χ0v) is 19.5. The summed E-state index contributed by atoms with van der Waals surface area (Å²) in [6.07, 6.45) is 3.82. The van der Waals surface area contributed by atoms with Crippen molar-refractivity contribution in [2.75, 3.05) is 14.2 Å². The number of thioether (sulfide) groups is 1. The number of para-hydroxylation sites is 1. The van der Waals surface area contributed by atoms with Crippen LogP contribution in [0.15, 0.2) is 78.2 Å². The van der Waals surface area contributed by atoms with E-state index in [1.807, 2.05) is 82.0 Å². The molecular weight excluding hydrogens is 458 g/mol. The molecule has 0 aliphatic carbocycles. The maximum absolute atomic E-state index is 6.10. The Morgan fingerprint density at radius 3 is 2.52 bits per heavy atom. The van der Waals surface area contributed by atoms with Gasteiger partial charge in [-0.15, -0.1) is 10.2 Å². The van der Waals surface area contributed by atoms with Crippen molar-refractivity contribution in [1.82, 2.24) is 24.1 Å². The van der Waals surface area contributed by atoms with Crippen LogP contribution in [0.5, 0.6) is 11.5 Å². The van der Waals surface area contributed by atoms with Crippen molar-refractivity contribution in [3.8, 4) is 28.6 Å². The average Bonchev–Trinajstić information content (AvgIpc) is 3.46. The molecule has 0 N–H and O–H groups in total. The van der Waals surface area contributed by atoms with E-state index in [0.29, 0.717) is 16.6 Å². The smallest absolute Gasteiger partial charge is 0.196 e. The molecule has 9 heteroatoms. The number of hydrogen-bond donors (Lipinski definition) is 0. The van der Waals surface area contributed by atoms with E-state index in [4.69, 9.17) is 21.1 Å². The minimum atomic E-state index is 0.625. The van der Waals surface area contributed by atoms with Gasteiger partial charge >= 0.3 is 0 Å². The van der Waals surface area contributed by atoms with Gasteiger partial charge in [0.25, 0.3) is 0 Å². The number of pyridine rings is 1. The molecule has 0 aliphatic heterocycles. The van der Waals surface area contributed by atoms with Gasteiger partial charge < -0.3 is 13.9 Å². The van der Waals surface area contributed by atoms with Crippen LogP contribution < -0.4 is 9.47 Å². The first-order valence-electron chi connectivity index (χ1n) is 10.2. The summed E-state index contributed by atoms with van der Waals surface area (Å²) in [4.78, 5) is 4.68. The molecule has 3 heterocycles. The van der Waals surface area contributed by atoms with Gasteiger partial charge in [-0.2, -0.15) is 0 Å². The number of ether oxygens (including phenoxy) is 2. The van der Waals surface area contributed by atoms with E-state index < -0.39 is 0 Å². The number of aromatic nitrogens is 5. The predicted octanol–water partition coefficient (Wildman–Crippen LogP) is 5.54. The Labute approximate surface area is 200 Å². The van der Waals surface area contributed by atoms with E-state index in [2.05, 4.69) is 15.2 Å². The van der Waals surface area contributed by atoms with Crippen molar-refractivity contribution in [2.45, 2.75) is 10.9 Å². The lowest BCUT2D eigenvalue weighted by Gasteiger charge is -2.12. The molecular formula is C24H20ClN5O2S. The number of nitrogens with zero attached hydrogens (tertiary/aromatic N) is 5. The molecule has 0 amide bonds. The van der Waals surface area contributed by atoms with Crippen LogP contribution in [-0.4, -0.2) is 38.4 Å². The number of halogens is 1. The van der Waals surface area contributed by atoms with E-state index in [-0.39, 0.29) is 0 Å². The lowest BCUT2D eigenvalue weighted by atomic mass is 10.2. The van der Waals surface area contributed by atoms with Gasteiger partial charge in [0, 0.05) is 18.1 Å². The maximum Gasteiger partial charge on any atom is 0.196 e. The molecule has 0 radical (unpaired) electrons. The summed E-state index contributed by atoms with van der Waals surface area (Å²) in [6.45, 7) is 0. The third-order valence-electron chi connectivity index (χ3n) is 5.13. The molecule has 3 aromatic heterocycles. The van der Waals surface area contributed by atoms with Gasteiger partial charge in [-0.05, 0) is 48.5 Å². The van der Waals surface area contributed by atoms with Gasteiger partial charge in [-0.3, -0.25) is 4.57 Å². The Hall–Kier alpha value is -3.49. The quantitative estimate of drug-likeness (QED) is 0.286. The standard InChI is InChI=1S/C24H20ClN5O2S/c1-31-19-10-8-18(9-11-19)30-23(20-5-3-4-6-21(20)32-2)27-28-24(30)33-15-17-14-29-13-16(25)7-12-22(29)26-17/h3-14H,15H2,1-2H3. The molecule has 7 nitrogen and oxygen atoms in total. The Morgan fingerprint density at radius 2 is 1.73 bits per heavy atom. The van der Waals surface area contributed by atoms with Gasteiger partial charge in [0.2, 0.25) is 0 Å². The summed E-state index contributed by atoms with van der Waals surface area (Å²) < 4.78 is 14.8. The first-order chi connectivity index (χ1) is 16.2. The second-order valence-electron chi connectivity index (χ2n) is 7.17. The first kappa shape index (κ1) is 21.4. The van der Waals surface area contributed by atoms with Crippen LogP contribution in [0.3, 0.4) is 0 Å². The summed E-state index contributed by atoms with van der Waals surface area (Å²) in [7, 11) is 3.30. The summed E-state index contributed by atoms with van der Waals surface area (Å²) >= 11 is 7.66. The maximum atomic E-state index is 6.10.